The van der Waals surface area contributed by atoms with E-state index in [-0.39, 0.29) is 17.7 Å². The molecule has 1 aromatic carbocycles. The summed E-state index contributed by atoms with van der Waals surface area (Å²) in [6.45, 7) is 8.01. The fourth-order valence-corrected chi connectivity index (χ4v) is 4.97. The van der Waals surface area contributed by atoms with E-state index < -0.39 is 0 Å². The molecular weight excluding hydrogens is 420 g/mol. The summed E-state index contributed by atoms with van der Waals surface area (Å²) in [4.78, 5) is 18.7. The van der Waals surface area contributed by atoms with Gasteiger partial charge in [0, 0.05) is 23.1 Å². The molecule has 0 radical (unpaired) electrons. The highest BCUT2D eigenvalue weighted by molar-refractivity contribution is 5.80. The molecule has 3 aromatic rings. The van der Waals surface area contributed by atoms with Crippen molar-refractivity contribution >= 4 is 10.9 Å². The number of aromatic amines is 1. The predicted molar refractivity (Wildman–Crippen MR) is 124 cm³/mol. The smallest absolute Gasteiger partial charge is 0.253 e. The molecule has 2 aromatic heterocycles. The van der Waals surface area contributed by atoms with Crippen molar-refractivity contribution in [1.82, 2.24) is 30.1 Å². The molecule has 2 atom stereocenters. The number of rotatable bonds is 7. The summed E-state index contributed by atoms with van der Waals surface area (Å²) >= 11 is 0. The van der Waals surface area contributed by atoms with Gasteiger partial charge < -0.3 is 14.5 Å². The summed E-state index contributed by atoms with van der Waals surface area (Å²) in [5, 5.41) is 13.6. The maximum atomic E-state index is 13.3. The van der Waals surface area contributed by atoms with Gasteiger partial charge in [-0.1, -0.05) is 6.92 Å². The lowest BCUT2D eigenvalue weighted by Gasteiger charge is -2.36. The van der Waals surface area contributed by atoms with Crippen molar-refractivity contribution in [3.63, 3.8) is 0 Å². The maximum Gasteiger partial charge on any atom is 0.253 e. The van der Waals surface area contributed by atoms with Crippen LogP contribution in [-0.2, 0) is 11.3 Å². The Morgan fingerprint density at radius 2 is 2.09 bits per heavy atom. The van der Waals surface area contributed by atoms with Gasteiger partial charge in [0.25, 0.3) is 5.56 Å². The third kappa shape index (κ3) is 4.65. The van der Waals surface area contributed by atoms with Crippen molar-refractivity contribution in [1.29, 1.82) is 0 Å². The van der Waals surface area contributed by atoms with Crippen LogP contribution in [0.3, 0.4) is 0 Å². The minimum atomic E-state index is -0.321. The van der Waals surface area contributed by atoms with Gasteiger partial charge in [-0.15, -0.1) is 5.10 Å². The Labute approximate surface area is 193 Å². The Hall–Kier alpha value is -2.78. The third-order valence-electron chi connectivity index (χ3n) is 6.84. The van der Waals surface area contributed by atoms with Crippen molar-refractivity contribution in [2.75, 3.05) is 26.3 Å². The molecule has 0 amide bonds. The Morgan fingerprint density at radius 3 is 2.85 bits per heavy atom. The Balaban J connectivity index is 1.58. The molecule has 0 aliphatic carbocycles. The number of aromatic nitrogens is 5. The highest BCUT2D eigenvalue weighted by atomic mass is 16.5. The Bertz CT molecular complexity index is 1140. The molecule has 0 saturated carbocycles. The molecule has 1 N–H and O–H groups in total. The highest BCUT2D eigenvalue weighted by Gasteiger charge is 2.33. The van der Waals surface area contributed by atoms with Gasteiger partial charge >= 0.3 is 0 Å². The molecule has 9 nitrogen and oxygen atoms in total. The average molecular weight is 453 g/mol. The van der Waals surface area contributed by atoms with E-state index in [1.807, 2.05) is 35.9 Å². The second-order valence-corrected chi connectivity index (χ2v) is 9.21. The fraction of sp³-hybridized carbons (Fsp3) is 0.583. The number of nitrogens with zero attached hydrogens (tertiary/aromatic N) is 5. The minimum Gasteiger partial charge on any atom is -0.494 e. The van der Waals surface area contributed by atoms with Crippen LogP contribution in [0.4, 0.5) is 0 Å². The molecule has 4 heterocycles. The molecule has 0 spiro atoms. The average Bonchev–Trinajstić information content (AvgIpc) is 3.49. The molecular formula is C24H32N6O3. The number of nitrogens with one attached hydrogen (secondary N) is 1. The summed E-state index contributed by atoms with van der Waals surface area (Å²) in [6.07, 6.45) is 4.34. The number of piperidine rings is 1. The lowest BCUT2D eigenvalue weighted by Crippen LogP contribution is -2.40. The second kappa shape index (κ2) is 9.61. The van der Waals surface area contributed by atoms with Crippen molar-refractivity contribution < 1.29 is 9.47 Å². The quantitative estimate of drug-likeness (QED) is 0.588. The first-order valence-corrected chi connectivity index (χ1v) is 12.0. The Kier molecular flexibility index (Phi) is 6.41. The zero-order valence-corrected chi connectivity index (χ0v) is 19.4. The van der Waals surface area contributed by atoms with Crippen LogP contribution in [-0.4, -0.2) is 62.5 Å². The largest absolute Gasteiger partial charge is 0.494 e. The van der Waals surface area contributed by atoms with Crippen LogP contribution in [0.25, 0.3) is 10.9 Å². The van der Waals surface area contributed by atoms with E-state index in [1.165, 1.54) is 0 Å². The van der Waals surface area contributed by atoms with Gasteiger partial charge in [0.05, 0.1) is 19.3 Å². The first kappa shape index (κ1) is 22.0. The van der Waals surface area contributed by atoms with E-state index in [0.29, 0.717) is 30.5 Å². The molecule has 33 heavy (non-hydrogen) atoms. The van der Waals surface area contributed by atoms with Crippen molar-refractivity contribution in [3.05, 3.63) is 46.0 Å². The molecule has 0 bridgehead atoms. The first-order chi connectivity index (χ1) is 16.1. The van der Waals surface area contributed by atoms with Gasteiger partial charge in [-0.05, 0) is 86.3 Å². The maximum absolute atomic E-state index is 13.3. The van der Waals surface area contributed by atoms with E-state index in [0.717, 1.165) is 62.0 Å². The van der Waals surface area contributed by atoms with Crippen LogP contribution < -0.4 is 10.3 Å². The van der Waals surface area contributed by atoms with Gasteiger partial charge in [0.15, 0.2) is 5.82 Å². The molecule has 0 unspecified atom stereocenters. The van der Waals surface area contributed by atoms with E-state index in [4.69, 9.17) is 9.47 Å². The predicted octanol–water partition coefficient (Wildman–Crippen LogP) is 2.91. The molecule has 176 valence electrons. The Morgan fingerprint density at radius 1 is 1.24 bits per heavy atom. The molecule has 2 saturated heterocycles. The number of hydrogen-bond donors (Lipinski definition) is 1. The topological polar surface area (TPSA) is 98.2 Å². The highest BCUT2D eigenvalue weighted by Crippen LogP contribution is 2.31. The van der Waals surface area contributed by atoms with Crippen molar-refractivity contribution in [2.24, 2.45) is 5.92 Å². The summed E-state index contributed by atoms with van der Waals surface area (Å²) in [7, 11) is 0. The normalized spacial score (nSPS) is 21.0. The molecule has 2 fully saturated rings. The molecule has 2 aliphatic rings. The number of pyridine rings is 1. The molecule has 9 heteroatoms. The van der Waals surface area contributed by atoms with Gasteiger partial charge in [0.1, 0.15) is 11.8 Å². The van der Waals surface area contributed by atoms with Crippen LogP contribution in [0.15, 0.2) is 29.1 Å². The lowest BCUT2D eigenvalue weighted by atomic mass is 9.95. The standard InChI is InChI=1S/C24H32N6O3/c1-3-32-18-6-7-21-17(13-18)14-20(24(31)25-21)22(29-10-8-16(2)9-11-29)23-26-27-28-30(23)15-19-5-4-12-33-19/h6-7,13-14,16,19,22H,3-5,8-12,15H2,1-2H3,(H,25,31)/t19-,22-/m0/s1. The minimum absolute atomic E-state index is 0.109. The van der Waals surface area contributed by atoms with Crippen LogP contribution in [0.2, 0.25) is 0 Å². The van der Waals surface area contributed by atoms with E-state index in [2.05, 4.69) is 32.3 Å². The number of hydrogen-bond acceptors (Lipinski definition) is 7. The van der Waals surface area contributed by atoms with E-state index in [1.54, 1.807) is 0 Å². The molecule has 2 aliphatic heterocycles. The van der Waals surface area contributed by atoms with Gasteiger partial charge in [-0.2, -0.15) is 0 Å². The SMILES string of the molecule is CCOc1ccc2[nH]c(=O)c([C@@H](c3nnnn3C[C@@H]3CCCO3)N3CCC(C)CC3)cc2c1. The summed E-state index contributed by atoms with van der Waals surface area (Å²) < 4.78 is 13.3. The summed E-state index contributed by atoms with van der Waals surface area (Å²) in [5.74, 6) is 2.16. The monoisotopic (exact) mass is 452 g/mol. The lowest BCUT2D eigenvalue weighted by molar-refractivity contribution is 0.0894. The van der Waals surface area contributed by atoms with E-state index in [9.17, 15) is 4.79 Å². The van der Waals surface area contributed by atoms with Crippen LogP contribution >= 0.6 is 0 Å². The van der Waals surface area contributed by atoms with Gasteiger partial charge in [0.2, 0.25) is 0 Å². The molecule has 5 rings (SSSR count). The number of benzene rings is 1. The fourth-order valence-electron chi connectivity index (χ4n) is 4.97. The van der Waals surface area contributed by atoms with Crippen molar-refractivity contribution in [2.45, 2.75) is 58.2 Å². The van der Waals surface area contributed by atoms with Crippen LogP contribution in [0.1, 0.15) is 57.0 Å². The van der Waals surface area contributed by atoms with Gasteiger partial charge in [-0.25, -0.2) is 4.68 Å². The summed E-state index contributed by atoms with van der Waals surface area (Å²) in [5.41, 5.74) is 1.34. The van der Waals surface area contributed by atoms with Gasteiger partial charge in [-0.3, -0.25) is 9.69 Å². The number of H-pyrrole nitrogens is 1. The van der Waals surface area contributed by atoms with Crippen LogP contribution in [0, 0.1) is 5.92 Å². The second-order valence-electron chi connectivity index (χ2n) is 9.21. The number of tetrazole rings is 1. The zero-order valence-electron chi connectivity index (χ0n) is 19.4. The zero-order chi connectivity index (χ0) is 22.8. The third-order valence-corrected chi connectivity index (χ3v) is 6.84. The van der Waals surface area contributed by atoms with Crippen LogP contribution in [0.5, 0.6) is 5.75 Å². The first-order valence-electron chi connectivity index (χ1n) is 12.0. The van der Waals surface area contributed by atoms with Crippen molar-refractivity contribution in [3.8, 4) is 5.75 Å². The van der Waals surface area contributed by atoms with E-state index >= 15 is 0 Å². The number of likely N-dealkylation sites (tertiary alicyclic amines) is 1. The number of fused-ring (bicyclic) bond motifs is 1. The number of ether oxygens (including phenoxy) is 2. The summed E-state index contributed by atoms with van der Waals surface area (Å²) in [6, 6.07) is 7.41.